The number of ether oxygens (including phenoxy) is 1. The maximum Gasteiger partial charge on any atom is 0.308 e. The van der Waals surface area contributed by atoms with Gasteiger partial charge >= 0.3 is 5.97 Å². The highest BCUT2D eigenvalue weighted by Crippen LogP contribution is 2.24. The molecule has 0 bridgehead atoms. The molecule has 0 aliphatic carbocycles. The fraction of sp³-hybridized carbons (Fsp3) is 0.389. The van der Waals surface area contributed by atoms with E-state index in [2.05, 4.69) is 10.1 Å². The number of carbonyl (C=O) groups excluding carboxylic acids is 5. The molecule has 1 unspecified atom stereocenters. The molecular weight excluding hydrogens is 354 g/mol. The third-order valence-corrected chi connectivity index (χ3v) is 4.60. The molecule has 27 heavy (non-hydrogen) atoms. The zero-order valence-electron chi connectivity index (χ0n) is 14.8. The first-order chi connectivity index (χ1) is 12.9. The van der Waals surface area contributed by atoms with Gasteiger partial charge in [0.2, 0.25) is 17.7 Å². The van der Waals surface area contributed by atoms with Gasteiger partial charge in [-0.25, -0.2) is 0 Å². The first-order valence-corrected chi connectivity index (χ1v) is 8.53. The number of hydrogen-bond donors (Lipinski definition) is 1. The van der Waals surface area contributed by atoms with Crippen LogP contribution in [0.5, 0.6) is 0 Å². The van der Waals surface area contributed by atoms with Crippen LogP contribution < -0.4 is 10.2 Å². The zero-order chi connectivity index (χ0) is 19.6. The number of nitrogens with one attached hydrogen (secondary N) is 1. The molecule has 0 saturated carbocycles. The number of amides is 4. The van der Waals surface area contributed by atoms with Crippen molar-refractivity contribution in [2.75, 3.05) is 25.1 Å². The fourth-order valence-electron chi connectivity index (χ4n) is 3.19. The molecule has 2 fully saturated rings. The molecule has 0 aromatic heterocycles. The van der Waals surface area contributed by atoms with Crippen LogP contribution >= 0.6 is 0 Å². The lowest BCUT2D eigenvalue weighted by Crippen LogP contribution is -2.57. The van der Waals surface area contributed by atoms with E-state index in [1.54, 1.807) is 0 Å². The van der Waals surface area contributed by atoms with E-state index in [0.29, 0.717) is 11.3 Å². The van der Waals surface area contributed by atoms with E-state index in [0.717, 1.165) is 4.90 Å². The second-order valence-corrected chi connectivity index (χ2v) is 6.26. The molecule has 2 aliphatic rings. The molecule has 2 aliphatic heterocycles. The lowest BCUT2D eigenvalue weighted by atomic mass is 10.1. The van der Waals surface area contributed by atoms with Crippen molar-refractivity contribution in [1.82, 2.24) is 10.2 Å². The Bertz CT molecular complexity index is 788. The van der Waals surface area contributed by atoms with E-state index in [9.17, 15) is 24.0 Å². The highest BCUT2D eigenvalue weighted by atomic mass is 16.5. The number of imide groups is 1. The maximum atomic E-state index is 12.8. The highest BCUT2D eigenvalue weighted by Gasteiger charge is 2.36. The first-order valence-electron chi connectivity index (χ1n) is 8.53. The molecule has 0 spiro atoms. The molecule has 1 aromatic rings. The third kappa shape index (κ3) is 3.67. The predicted octanol–water partition coefficient (Wildman–Crippen LogP) is -0.156. The van der Waals surface area contributed by atoms with Crippen molar-refractivity contribution in [3.05, 3.63) is 29.8 Å². The van der Waals surface area contributed by atoms with Gasteiger partial charge in [-0.05, 0) is 24.3 Å². The standard InChI is InChI=1S/C18H19N3O6/c1-27-16(24)10-13-17(25)19-8-9-20(13)18(26)11-2-4-12(5-3-11)21-14(22)6-7-15(21)23/h2-5,13H,6-10H2,1H3,(H,19,25). The fourth-order valence-corrected chi connectivity index (χ4v) is 3.19. The minimum Gasteiger partial charge on any atom is -0.469 e. The van der Waals surface area contributed by atoms with Gasteiger partial charge in [0.25, 0.3) is 5.91 Å². The van der Waals surface area contributed by atoms with Gasteiger partial charge in [0.15, 0.2) is 0 Å². The second kappa shape index (κ2) is 7.56. The molecule has 4 amide bonds. The van der Waals surface area contributed by atoms with Crippen molar-refractivity contribution >= 4 is 35.3 Å². The lowest BCUT2D eigenvalue weighted by molar-refractivity contribution is -0.145. The molecule has 1 atom stereocenters. The van der Waals surface area contributed by atoms with Gasteiger partial charge in [-0.15, -0.1) is 0 Å². The number of piperazine rings is 1. The van der Waals surface area contributed by atoms with Gasteiger partial charge in [0, 0.05) is 31.5 Å². The Labute approximate surface area is 155 Å². The molecule has 1 N–H and O–H groups in total. The van der Waals surface area contributed by atoms with Crippen LogP contribution in [0.15, 0.2) is 24.3 Å². The van der Waals surface area contributed by atoms with Crippen LogP contribution in [0.1, 0.15) is 29.6 Å². The van der Waals surface area contributed by atoms with Crippen molar-refractivity contribution < 1.29 is 28.7 Å². The van der Waals surface area contributed by atoms with Crippen LogP contribution in [0.2, 0.25) is 0 Å². The summed E-state index contributed by atoms with van der Waals surface area (Å²) in [4.78, 5) is 62.5. The molecule has 2 heterocycles. The second-order valence-electron chi connectivity index (χ2n) is 6.26. The van der Waals surface area contributed by atoms with E-state index >= 15 is 0 Å². The third-order valence-electron chi connectivity index (χ3n) is 4.60. The van der Waals surface area contributed by atoms with Crippen LogP contribution in [0.25, 0.3) is 0 Å². The van der Waals surface area contributed by atoms with Crippen LogP contribution in [-0.2, 0) is 23.9 Å². The summed E-state index contributed by atoms with van der Waals surface area (Å²) in [6, 6.07) is 5.10. The zero-order valence-corrected chi connectivity index (χ0v) is 14.8. The molecular formula is C18H19N3O6. The van der Waals surface area contributed by atoms with Crippen molar-refractivity contribution in [2.45, 2.75) is 25.3 Å². The molecule has 0 radical (unpaired) electrons. The number of esters is 1. The summed E-state index contributed by atoms with van der Waals surface area (Å²) in [7, 11) is 1.22. The summed E-state index contributed by atoms with van der Waals surface area (Å²) in [6.07, 6.45) is 0.123. The van der Waals surface area contributed by atoms with Gasteiger partial charge in [0.05, 0.1) is 19.2 Å². The van der Waals surface area contributed by atoms with Crippen LogP contribution in [0.4, 0.5) is 5.69 Å². The minimum atomic E-state index is -0.944. The summed E-state index contributed by atoms with van der Waals surface area (Å²) < 4.78 is 4.60. The minimum absolute atomic E-state index is 0.178. The average molecular weight is 373 g/mol. The number of rotatable bonds is 4. The maximum absolute atomic E-state index is 12.8. The summed E-state index contributed by atoms with van der Waals surface area (Å²) in [5.74, 6) is -1.96. The van der Waals surface area contributed by atoms with E-state index in [-0.39, 0.29) is 44.2 Å². The van der Waals surface area contributed by atoms with Gasteiger partial charge < -0.3 is 15.0 Å². The molecule has 9 nitrogen and oxygen atoms in total. The van der Waals surface area contributed by atoms with E-state index in [4.69, 9.17) is 0 Å². The Balaban J connectivity index is 1.79. The Morgan fingerprint density at radius 3 is 2.33 bits per heavy atom. The normalized spacial score (nSPS) is 19.9. The SMILES string of the molecule is COC(=O)CC1C(=O)NCCN1C(=O)c1ccc(N2C(=O)CCC2=O)cc1. The number of nitrogens with zero attached hydrogens (tertiary/aromatic N) is 2. The summed E-state index contributed by atoms with van der Waals surface area (Å²) in [6.45, 7) is 0.550. The summed E-state index contributed by atoms with van der Waals surface area (Å²) >= 11 is 0. The number of hydrogen-bond acceptors (Lipinski definition) is 6. The van der Waals surface area contributed by atoms with Crippen molar-refractivity contribution in [3.63, 3.8) is 0 Å². The van der Waals surface area contributed by atoms with Gasteiger partial charge in [-0.3, -0.25) is 28.9 Å². The molecule has 3 rings (SSSR count). The molecule has 2 saturated heterocycles. The summed E-state index contributed by atoms with van der Waals surface area (Å²) in [5.41, 5.74) is 0.698. The number of methoxy groups -OCH3 is 1. The number of benzene rings is 1. The van der Waals surface area contributed by atoms with Gasteiger partial charge in [-0.1, -0.05) is 0 Å². The largest absolute Gasteiger partial charge is 0.469 e. The van der Waals surface area contributed by atoms with E-state index in [1.165, 1.54) is 36.3 Å². The van der Waals surface area contributed by atoms with Crippen LogP contribution in [-0.4, -0.2) is 60.7 Å². The Hall–Kier alpha value is -3.23. The van der Waals surface area contributed by atoms with Crippen molar-refractivity contribution in [3.8, 4) is 0 Å². The quantitative estimate of drug-likeness (QED) is 0.580. The van der Waals surface area contributed by atoms with Crippen LogP contribution in [0.3, 0.4) is 0 Å². The lowest BCUT2D eigenvalue weighted by Gasteiger charge is -2.34. The van der Waals surface area contributed by atoms with E-state index < -0.39 is 23.8 Å². The summed E-state index contributed by atoms with van der Waals surface area (Å²) in [5, 5.41) is 2.63. The molecule has 142 valence electrons. The smallest absolute Gasteiger partial charge is 0.308 e. The highest BCUT2D eigenvalue weighted by molar-refractivity contribution is 6.19. The van der Waals surface area contributed by atoms with Crippen LogP contribution in [0, 0.1) is 0 Å². The number of anilines is 1. The Morgan fingerprint density at radius 1 is 1.11 bits per heavy atom. The molecule has 1 aromatic carbocycles. The van der Waals surface area contributed by atoms with Gasteiger partial charge in [0.1, 0.15) is 6.04 Å². The Kier molecular flexibility index (Phi) is 5.20. The number of carbonyl (C=O) groups is 5. The molecule has 9 heteroatoms. The average Bonchev–Trinajstić information content (AvgIpc) is 3.01. The van der Waals surface area contributed by atoms with Crippen molar-refractivity contribution in [2.24, 2.45) is 0 Å². The topological polar surface area (TPSA) is 113 Å². The van der Waals surface area contributed by atoms with Crippen molar-refractivity contribution in [1.29, 1.82) is 0 Å². The van der Waals surface area contributed by atoms with Gasteiger partial charge in [-0.2, -0.15) is 0 Å². The monoisotopic (exact) mass is 373 g/mol. The van der Waals surface area contributed by atoms with E-state index in [1.807, 2.05) is 0 Å². The Morgan fingerprint density at radius 2 is 1.74 bits per heavy atom. The predicted molar refractivity (Wildman–Crippen MR) is 92.6 cm³/mol. The first kappa shape index (κ1) is 18.6.